The zero-order chi connectivity index (χ0) is 23.0. The minimum Gasteiger partial charge on any atom is -0.337 e. The number of carbonyl (C=O) groups excluding carboxylic acids is 2. The smallest absolute Gasteiger partial charge is 0.246 e. The summed E-state index contributed by atoms with van der Waals surface area (Å²) in [6, 6.07) is 15.7. The summed E-state index contributed by atoms with van der Waals surface area (Å²) in [6.45, 7) is 3.26. The molecule has 0 saturated carbocycles. The van der Waals surface area contributed by atoms with Gasteiger partial charge in [-0.05, 0) is 35.9 Å². The molecular formula is C25H26FN5O2. The van der Waals surface area contributed by atoms with Crippen molar-refractivity contribution in [2.75, 3.05) is 38.0 Å². The summed E-state index contributed by atoms with van der Waals surface area (Å²) < 4.78 is 14.8. The van der Waals surface area contributed by atoms with Crippen LogP contribution in [0.4, 0.5) is 10.1 Å². The molecule has 0 unspecified atom stereocenters. The lowest BCUT2D eigenvalue weighted by Crippen LogP contribution is -2.50. The normalized spacial score (nSPS) is 14.5. The van der Waals surface area contributed by atoms with Crippen molar-refractivity contribution in [2.24, 2.45) is 0 Å². The summed E-state index contributed by atoms with van der Waals surface area (Å²) in [6.07, 6.45) is 7.00. The molecule has 0 radical (unpaired) electrons. The van der Waals surface area contributed by atoms with E-state index in [9.17, 15) is 14.0 Å². The average molecular weight is 448 g/mol. The fourth-order valence-electron chi connectivity index (χ4n) is 3.66. The Labute approximate surface area is 192 Å². The van der Waals surface area contributed by atoms with Crippen molar-refractivity contribution in [1.29, 1.82) is 0 Å². The highest BCUT2D eigenvalue weighted by molar-refractivity contribution is 5.93. The maximum Gasteiger partial charge on any atom is 0.246 e. The molecule has 0 atom stereocenters. The fraction of sp³-hybridized carbons (Fsp3) is 0.240. The van der Waals surface area contributed by atoms with Crippen LogP contribution in [-0.2, 0) is 16.1 Å². The van der Waals surface area contributed by atoms with Gasteiger partial charge in [0.25, 0.3) is 0 Å². The van der Waals surface area contributed by atoms with Gasteiger partial charge in [0.15, 0.2) is 0 Å². The summed E-state index contributed by atoms with van der Waals surface area (Å²) in [5.74, 6) is -0.557. The highest BCUT2D eigenvalue weighted by Crippen LogP contribution is 2.10. The second-order valence-corrected chi connectivity index (χ2v) is 7.95. The number of anilines is 1. The molecule has 8 heteroatoms. The van der Waals surface area contributed by atoms with Crippen molar-refractivity contribution in [3.8, 4) is 0 Å². The predicted molar refractivity (Wildman–Crippen MR) is 125 cm³/mol. The molecule has 1 saturated heterocycles. The molecule has 1 aromatic heterocycles. The largest absolute Gasteiger partial charge is 0.337 e. The molecular weight excluding hydrogens is 421 g/mol. The van der Waals surface area contributed by atoms with Crippen LogP contribution in [0.5, 0.6) is 0 Å². The van der Waals surface area contributed by atoms with Crippen LogP contribution in [0.3, 0.4) is 0 Å². The quantitative estimate of drug-likeness (QED) is 0.566. The summed E-state index contributed by atoms with van der Waals surface area (Å²) >= 11 is 0. The number of hydrogen-bond acceptors (Lipinski definition) is 4. The zero-order valence-electron chi connectivity index (χ0n) is 18.2. The molecule has 0 aliphatic carbocycles. The van der Waals surface area contributed by atoms with Gasteiger partial charge in [-0.3, -0.25) is 19.2 Å². The van der Waals surface area contributed by atoms with Crippen LogP contribution in [0.25, 0.3) is 6.08 Å². The Balaban J connectivity index is 1.21. The number of halogens is 1. The average Bonchev–Trinajstić information content (AvgIpc) is 3.27. The van der Waals surface area contributed by atoms with E-state index in [2.05, 4.69) is 10.4 Å². The molecule has 33 heavy (non-hydrogen) atoms. The van der Waals surface area contributed by atoms with E-state index in [1.54, 1.807) is 23.2 Å². The van der Waals surface area contributed by atoms with Gasteiger partial charge in [-0.2, -0.15) is 5.10 Å². The summed E-state index contributed by atoms with van der Waals surface area (Å²) in [5, 5.41) is 7.11. The van der Waals surface area contributed by atoms with E-state index in [1.807, 2.05) is 46.1 Å². The van der Waals surface area contributed by atoms with Gasteiger partial charge in [0, 0.05) is 49.7 Å². The maximum atomic E-state index is 13.0. The summed E-state index contributed by atoms with van der Waals surface area (Å²) in [5.41, 5.74) is 2.60. The lowest BCUT2D eigenvalue weighted by molar-refractivity contribution is -0.127. The van der Waals surface area contributed by atoms with E-state index < -0.39 is 0 Å². The van der Waals surface area contributed by atoms with Crippen molar-refractivity contribution < 1.29 is 14.0 Å². The van der Waals surface area contributed by atoms with Gasteiger partial charge in [-0.25, -0.2) is 4.39 Å². The van der Waals surface area contributed by atoms with E-state index in [0.29, 0.717) is 38.4 Å². The monoisotopic (exact) mass is 447 g/mol. The van der Waals surface area contributed by atoms with Crippen LogP contribution in [0.1, 0.15) is 11.1 Å². The van der Waals surface area contributed by atoms with Gasteiger partial charge in [0.1, 0.15) is 5.82 Å². The third-order valence-corrected chi connectivity index (χ3v) is 5.44. The molecule has 1 fully saturated rings. The zero-order valence-corrected chi connectivity index (χ0v) is 18.2. The Kier molecular flexibility index (Phi) is 7.26. The molecule has 7 nitrogen and oxygen atoms in total. The van der Waals surface area contributed by atoms with E-state index in [1.165, 1.54) is 24.3 Å². The first-order chi connectivity index (χ1) is 16.0. The molecule has 1 aliphatic rings. The number of carbonyl (C=O) groups is 2. The number of benzene rings is 2. The van der Waals surface area contributed by atoms with Crippen molar-refractivity contribution in [2.45, 2.75) is 6.54 Å². The number of hydrogen-bond donors (Lipinski definition) is 1. The van der Waals surface area contributed by atoms with E-state index in [-0.39, 0.29) is 24.2 Å². The van der Waals surface area contributed by atoms with E-state index in [4.69, 9.17) is 0 Å². The van der Waals surface area contributed by atoms with Gasteiger partial charge in [0.05, 0.1) is 19.3 Å². The number of piperazine rings is 1. The van der Waals surface area contributed by atoms with Crippen LogP contribution in [0.15, 0.2) is 73.1 Å². The number of nitrogens with one attached hydrogen (secondary N) is 1. The third kappa shape index (κ3) is 6.60. The molecule has 0 spiro atoms. The molecule has 1 aliphatic heterocycles. The molecule has 3 aromatic rings. The molecule has 170 valence electrons. The molecule has 4 rings (SSSR count). The van der Waals surface area contributed by atoms with Crippen LogP contribution in [-0.4, -0.2) is 64.1 Å². The van der Waals surface area contributed by atoms with Gasteiger partial charge in [-0.1, -0.05) is 30.3 Å². The van der Waals surface area contributed by atoms with Crippen molar-refractivity contribution in [1.82, 2.24) is 19.6 Å². The molecule has 2 heterocycles. The number of amides is 2. The van der Waals surface area contributed by atoms with Crippen LogP contribution < -0.4 is 5.32 Å². The summed E-state index contributed by atoms with van der Waals surface area (Å²) in [7, 11) is 0. The highest BCUT2D eigenvalue weighted by atomic mass is 19.1. The first-order valence-corrected chi connectivity index (χ1v) is 10.9. The topological polar surface area (TPSA) is 70.5 Å². The maximum absolute atomic E-state index is 13.0. The number of nitrogens with zero attached hydrogens (tertiary/aromatic N) is 4. The highest BCUT2D eigenvalue weighted by Gasteiger charge is 2.21. The predicted octanol–water partition coefficient (Wildman–Crippen LogP) is 2.87. The SMILES string of the molecule is O=C(CN1CCN(C(=O)/C=C/c2cnn(Cc3ccccc3)c2)CC1)Nc1ccc(F)cc1. The van der Waals surface area contributed by atoms with Crippen molar-refractivity contribution in [3.63, 3.8) is 0 Å². The molecule has 0 bridgehead atoms. The van der Waals surface area contributed by atoms with Gasteiger partial charge in [0.2, 0.25) is 11.8 Å². The first-order valence-electron chi connectivity index (χ1n) is 10.9. The Bertz CT molecular complexity index is 1100. The van der Waals surface area contributed by atoms with Gasteiger partial charge in [-0.15, -0.1) is 0 Å². The number of aromatic nitrogens is 2. The Hall–Kier alpha value is -3.78. The Morgan fingerprint density at radius 1 is 1.00 bits per heavy atom. The second-order valence-electron chi connectivity index (χ2n) is 7.95. The van der Waals surface area contributed by atoms with Crippen LogP contribution in [0.2, 0.25) is 0 Å². The van der Waals surface area contributed by atoms with Crippen molar-refractivity contribution >= 4 is 23.6 Å². The third-order valence-electron chi connectivity index (χ3n) is 5.44. The fourth-order valence-corrected chi connectivity index (χ4v) is 3.66. The minimum absolute atomic E-state index is 0.0544. The van der Waals surface area contributed by atoms with E-state index in [0.717, 1.165) is 11.1 Å². The van der Waals surface area contributed by atoms with Crippen LogP contribution >= 0.6 is 0 Å². The molecule has 1 N–H and O–H groups in total. The van der Waals surface area contributed by atoms with Crippen LogP contribution in [0, 0.1) is 5.82 Å². The van der Waals surface area contributed by atoms with Crippen molar-refractivity contribution in [3.05, 3.63) is 90.0 Å². The van der Waals surface area contributed by atoms with Gasteiger partial charge >= 0.3 is 0 Å². The molecule has 2 amide bonds. The standard InChI is InChI=1S/C25H26FN5O2/c26-22-7-9-23(10-8-22)28-24(32)19-29-12-14-30(15-13-29)25(33)11-6-21-16-27-31(18-21)17-20-4-2-1-3-5-20/h1-11,16,18H,12-15,17,19H2,(H,28,32)/b11-6+. The first kappa shape index (κ1) is 22.4. The Morgan fingerprint density at radius 2 is 1.73 bits per heavy atom. The minimum atomic E-state index is -0.344. The lowest BCUT2D eigenvalue weighted by Gasteiger charge is -2.33. The summed E-state index contributed by atoms with van der Waals surface area (Å²) in [4.78, 5) is 28.5. The number of rotatable bonds is 7. The Morgan fingerprint density at radius 3 is 2.45 bits per heavy atom. The lowest BCUT2D eigenvalue weighted by atomic mass is 10.2. The van der Waals surface area contributed by atoms with Gasteiger partial charge < -0.3 is 10.2 Å². The molecule has 2 aromatic carbocycles. The second kappa shape index (κ2) is 10.7. The van der Waals surface area contributed by atoms with E-state index >= 15 is 0 Å².